The zero-order valence-corrected chi connectivity index (χ0v) is 11.4. The first kappa shape index (κ1) is 13.4. The molecule has 1 aliphatic heterocycles. The normalized spacial score (nSPS) is 21.0. The number of hydrogen-bond acceptors (Lipinski definition) is 4. The van der Waals surface area contributed by atoms with E-state index in [1.54, 1.807) is 6.92 Å². The second-order valence-corrected chi connectivity index (χ2v) is 6.50. The van der Waals surface area contributed by atoms with Gasteiger partial charge in [0.05, 0.1) is 6.04 Å². The van der Waals surface area contributed by atoms with Crippen molar-refractivity contribution < 1.29 is 8.42 Å². The van der Waals surface area contributed by atoms with E-state index in [0.29, 0.717) is 24.8 Å². The van der Waals surface area contributed by atoms with Crippen molar-refractivity contribution in [2.75, 3.05) is 13.1 Å². The van der Waals surface area contributed by atoms with Crippen molar-refractivity contribution in [2.24, 2.45) is 5.92 Å². The molecule has 0 radical (unpaired) electrons. The van der Waals surface area contributed by atoms with E-state index in [9.17, 15) is 8.42 Å². The average Bonchev–Trinajstić information content (AvgIpc) is 2.82. The van der Waals surface area contributed by atoms with E-state index >= 15 is 0 Å². The number of nitrogens with one attached hydrogen (secondary N) is 2. The Hall–Kier alpha value is -0.990. The first-order valence-corrected chi connectivity index (χ1v) is 7.55. The standard InChI is InChI=1S/C10H19N5O2S/c1-8-3-5-15(6-4-8)18(16,17)14-9(2)10-11-7-12-13-10/h7-9,14H,3-6H2,1-2H3,(H,11,12,13). The van der Waals surface area contributed by atoms with E-state index in [-0.39, 0.29) is 0 Å². The molecule has 1 atom stereocenters. The molecule has 0 amide bonds. The zero-order chi connectivity index (χ0) is 13.2. The van der Waals surface area contributed by atoms with Gasteiger partial charge in [-0.1, -0.05) is 6.92 Å². The minimum atomic E-state index is -3.44. The maximum atomic E-state index is 12.2. The molecule has 1 aromatic heterocycles. The molecule has 18 heavy (non-hydrogen) atoms. The SMILES string of the molecule is CC1CCN(S(=O)(=O)NC(C)c2ncn[nH]2)CC1. The van der Waals surface area contributed by atoms with Gasteiger partial charge in [-0.3, -0.25) is 5.10 Å². The Bertz CT molecular complexity index is 464. The third-order valence-corrected chi connectivity index (χ3v) is 4.95. The molecule has 2 heterocycles. The maximum Gasteiger partial charge on any atom is 0.280 e. The predicted octanol–water partition coefficient (Wildman–Crippen LogP) is 0.432. The number of aromatic amines is 1. The number of H-pyrrole nitrogens is 1. The van der Waals surface area contributed by atoms with Gasteiger partial charge in [0, 0.05) is 13.1 Å². The third kappa shape index (κ3) is 3.06. The number of rotatable bonds is 4. The number of nitrogens with zero attached hydrogens (tertiary/aromatic N) is 3. The van der Waals surface area contributed by atoms with Crippen LogP contribution in [0, 0.1) is 5.92 Å². The lowest BCUT2D eigenvalue weighted by Gasteiger charge is -2.30. The van der Waals surface area contributed by atoms with Crippen LogP contribution < -0.4 is 4.72 Å². The van der Waals surface area contributed by atoms with Crippen LogP contribution in [0.1, 0.15) is 38.6 Å². The van der Waals surface area contributed by atoms with E-state index in [4.69, 9.17) is 0 Å². The van der Waals surface area contributed by atoms with Gasteiger partial charge in [-0.15, -0.1) is 0 Å². The molecule has 2 rings (SSSR count). The van der Waals surface area contributed by atoms with Crippen LogP contribution in [0.25, 0.3) is 0 Å². The Morgan fingerprint density at radius 3 is 2.72 bits per heavy atom. The lowest BCUT2D eigenvalue weighted by atomic mass is 10.0. The van der Waals surface area contributed by atoms with Crippen LogP contribution in [0.15, 0.2) is 6.33 Å². The van der Waals surface area contributed by atoms with Crippen LogP contribution >= 0.6 is 0 Å². The molecule has 1 unspecified atom stereocenters. The molecule has 2 N–H and O–H groups in total. The van der Waals surface area contributed by atoms with Gasteiger partial charge in [-0.05, 0) is 25.7 Å². The van der Waals surface area contributed by atoms with E-state index in [0.717, 1.165) is 12.8 Å². The monoisotopic (exact) mass is 273 g/mol. The first-order valence-electron chi connectivity index (χ1n) is 6.11. The van der Waals surface area contributed by atoms with Gasteiger partial charge in [0.2, 0.25) is 0 Å². The summed E-state index contributed by atoms with van der Waals surface area (Å²) in [5.74, 6) is 1.12. The van der Waals surface area contributed by atoms with Crippen LogP contribution in [0.2, 0.25) is 0 Å². The Kier molecular flexibility index (Phi) is 3.98. The number of piperidine rings is 1. The fourth-order valence-electron chi connectivity index (χ4n) is 2.00. The molecule has 0 saturated carbocycles. The second kappa shape index (κ2) is 5.33. The molecule has 0 aliphatic carbocycles. The molecule has 1 fully saturated rings. The minimum Gasteiger partial charge on any atom is -0.262 e. The molecule has 7 nitrogen and oxygen atoms in total. The Balaban J connectivity index is 1.99. The smallest absolute Gasteiger partial charge is 0.262 e. The predicted molar refractivity (Wildman–Crippen MR) is 66.8 cm³/mol. The quantitative estimate of drug-likeness (QED) is 0.832. The summed E-state index contributed by atoms with van der Waals surface area (Å²) < 4.78 is 28.4. The molecule has 0 aromatic carbocycles. The summed E-state index contributed by atoms with van der Waals surface area (Å²) in [6.07, 6.45) is 3.19. The fourth-order valence-corrected chi connectivity index (χ4v) is 3.40. The van der Waals surface area contributed by atoms with Crippen molar-refractivity contribution >= 4 is 10.2 Å². The Morgan fingerprint density at radius 2 is 2.17 bits per heavy atom. The van der Waals surface area contributed by atoms with Gasteiger partial charge in [0.25, 0.3) is 10.2 Å². The van der Waals surface area contributed by atoms with Crippen molar-refractivity contribution in [1.82, 2.24) is 24.2 Å². The summed E-state index contributed by atoms with van der Waals surface area (Å²) >= 11 is 0. The highest BCUT2D eigenvalue weighted by atomic mass is 32.2. The van der Waals surface area contributed by atoms with Crippen LogP contribution in [-0.4, -0.2) is 41.0 Å². The fraction of sp³-hybridized carbons (Fsp3) is 0.800. The van der Waals surface area contributed by atoms with Crippen molar-refractivity contribution in [1.29, 1.82) is 0 Å². The van der Waals surface area contributed by atoms with Crippen LogP contribution in [-0.2, 0) is 10.2 Å². The topological polar surface area (TPSA) is 91.0 Å². The lowest BCUT2D eigenvalue weighted by molar-refractivity contribution is 0.283. The van der Waals surface area contributed by atoms with E-state index in [1.807, 2.05) is 0 Å². The molecule has 1 aromatic rings. The van der Waals surface area contributed by atoms with Crippen LogP contribution in [0.5, 0.6) is 0 Å². The molecule has 8 heteroatoms. The second-order valence-electron chi connectivity index (χ2n) is 4.80. The Morgan fingerprint density at radius 1 is 1.50 bits per heavy atom. The molecule has 0 bridgehead atoms. The first-order chi connectivity index (χ1) is 8.49. The van der Waals surface area contributed by atoms with Gasteiger partial charge in [0.1, 0.15) is 12.2 Å². The van der Waals surface area contributed by atoms with Gasteiger partial charge < -0.3 is 0 Å². The van der Waals surface area contributed by atoms with Crippen LogP contribution in [0.4, 0.5) is 0 Å². The van der Waals surface area contributed by atoms with Gasteiger partial charge in [-0.2, -0.15) is 22.5 Å². The van der Waals surface area contributed by atoms with Gasteiger partial charge >= 0.3 is 0 Å². The molecular weight excluding hydrogens is 254 g/mol. The summed E-state index contributed by atoms with van der Waals surface area (Å²) in [7, 11) is -3.44. The number of hydrogen-bond donors (Lipinski definition) is 2. The molecule has 1 saturated heterocycles. The van der Waals surface area contributed by atoms with Gasteiger partial charge in [-0.25, -0.2) is 4.98 Å². The highest BCUT2D eigenvalue weighted by Crippen LogP contribution is 2.19. The summed E-state index contributed by atoms with van der Waals surface area (Å²) in [6.45, 7) is 5.05. The highest BCUT2D eigenvalue weighted by Gasteiger charge is 2.28. The van der Waals surface area contributed by atoms with E-state index in [1.165, 1.54) is 10.6 Å². The summed E-state index contributed by atoms with van der Waals surface area (Å²) in [4.78, 5) is 3.95. The van der Waals surface area contributed by atoms with E-state index < -0.39 is 16.3 Å². The van der Waals surface area contributed by atoms with Gasteiger partial charge in [0.15, 0.2) is 0 Å². The lowest BCUT2D eigenvalue weighted by Crippen LogP contribution is -2.45. The summed E-state index contributed by atoms with van der Waals surface area (Å²) in [6, 6.07) is -0.406. The van der Waals surface area contributed by atoms with E-state index in [2.05, 4.69) is 26.8 Å². The van der Waals surface area contributed by atoms with Crippen LogP contribution in [0.3, 0.4) is 0 Å². The summed E-state index contributed by atoms with van der Waals surface area (Å²) in [5, 5.41) is 6.37. The minimum absolute atomic E-state index is 0.406. The third-order valence-electron chi connectivity index (χ3n) is 3.25. The molecule has 1 aliphatic rings. The maximum absolute atomic E-state index is 12.2. The average molecular weight is 273 g/mol. The molecule has 102 valence electrons. The van der Waals surface area contributed by atoms with Crippen molar-refractivity contribution in [2.45, 2.75) is 32.7 Å². The largest absolute Gasteiger partial charge is 0.280 e. The number of aromatic nitrogens is 3. The molecule has 0 spiro atoms. The highest BCUT2D eigenvalue weighted by molar-refractivity contribution is 7.87. The van der Waals surface area contributed by atoms with Crippen molar-refractivity contribution in [3.05, 3.63) is 12.2 Å². The van der Waals surface area contributed by atoms with Crippen molar-refractivity contribution in [3.63, 3.8) is 0 Å². The summed E-state index contributed by atoms with van der Waals surface area (Å²) in [5.41, 5.74) is 0. The zero-order valence-electron chi connectivity index (χ0n) is 10.6. The molecular formula is C10H19N5O2S. The van der Waals surface area contributed by atoms with Crippen molar-refractivity contribution in [3.8, 4) is 0 Å². The Labute approximate surface area is 107 Å².